The van der Waals surface area contributed by atoms with Crippen LogP contribution in [0.1, 0.15) is 11.1 Å². The zero-order chi connectivity index (χ0) is 20.6. The van der Waals surface area contributed by atoms with E-state index < -0.39 is 30.9 Å². The van der Waals surface area contributed by atoms with Crippen LogP contribution in [-0.2, 0) is 27.3 Å². The quantitative estimate of drug-likeness (QED) is 0.685. The Morgan fingerprint density at radius 2 is 1.68 bits per heavy atom. The Kier molecular flexibility index (Phi) is 7.69. The van der Waals surface area contributed by atoms with E-state index in [1.54, 1.807) is 48.5 Å². The first kappa shape index (κ1) is 21.6. The minimum atomic E-state index is -4.68. The maximum atomic E-state index is 12.3. The molecule has 0 radical (unpaired) electrons. The molecule has 28 heavy (non-hydrogen) atoms. The molecule has 5 nitrogen and oxygen atoms in total. The summed E-state index contributed by atoms with van der Waals surface area (Å²) in [5, 5.41) is 2.63. The maximum absolute atomic E-state index is 12.3. The molecule has 1 N–H and O–H groups in total. The standard InChI is InChI=1S/C19H17ClF3NO4/c20-15-8-4-7-14(9-15)10-16(17(25)28-12-19(21,22)23)24-18(26)27-11-13-5-2-1-3-6-13/h1-9,16H,10-12H2,(H,24,26). The monoisotopic (exact) mass is 415 g/mol. The fraction of sp³-hybridized carbons (Fsp3) is 0.263. The van der Waals surface area contributed by atoms with Crippen molar-refractivity contribution in [3.8, 4) is 0 Å². The molecule has 2 rings (SSSR count). The number of hydrogen-bond acceptors (Lipinski definition) is 4. The van der Waals surface area contributed by atoms with Crippen molar-refractivity contribution >= 4 is 23.7 Å². The van der Waals surface area contributed by atoms with Crippen molar-refractivity contribution in [1.29, 1.82) is 0 Å². The molecule has 1 atom stereocenters. The van der Waals surface area contributed by atoms with E-state index in [2.05, 4.69) is 10.1 Å². The number of esters is 1. The highest BCUT2D eigenvalue weighted by atomic mass is 35.5. The van der Waals surface area contributed by atoms with Crippen LogP contribution in [0, 0.1) is 0 Å². The summed E-state index contributed by atoms with van der Waals surface area (Å²) in [5.41, 5.74) is 1.24. The summed E-state index contributed by atoms with van der Waals surface area (Å²) in [6.07, 6.45) is -5.75. The summed E-state index contributed by atoms with van der Waals surface area (Å²) < 4.78 is 46.2. The molecular formula is C19H17ClF3NO4. The molecule has 0 heterocycles. The first-order chi connectivity index (χ1) is 13.2. The van der Waals surface area contributed by atoms with E-state index in [9.17, 15) is 22.8 Å². The lowest BCUT2D eigenvalue weighted by Gasteiger charge is -2.18. The van der Waals surface area contributed by atoms with Crippen LogP contribution in [0.3, 0.4) is 0 Å². The summed E-state index contributed by atoms with van der Waals surface area (Å²) in [6.45, 7) is -1.81. The molecular weight excluding hydrogens is 399 g/mol. The van der Waals surface area contributed by atoms with Crippen molar-refractivity contribution in [3.05, 3.63) is 70.7 Å². The number of halogens is 4. The van der Waals surface area contributed by atoms with Crippen LogP contribution < -0.4 is 5.32 Å². The van der Waals surface area contributed by atoms with Gasteiger partial charge in [0.2, 0.25) is 0 Å². The number of rotatable bonds is 7. The largest absolute Gasteiger partial charge is 0.454 e. The zero-order valence-corrected chi connectivity index (χ0v) is 15.3. The van der Waals surface area contributed by atoms with Crippen LogP contribution in [0.5, 0.6) is 0 Å². The van der Waals surface area contributed by atoms with Gasteiger partial charge < -0.3 is 14.8 Å². The molecule has 0 aliphatic carbocycles. The van der Waals surface area contributed by atoms with Gasteiger partial charge in [0.05, 0.1) is 0 Å². The van der Waals surface area contributed by atoms with E-state index in [1.807, 2.05) is 0 Å². The lowest BCUT2D eigenvalue weighted by molar-refractivity contribution is -0.187. The van der Waals surface area contributed by atoms with Crippen LogP contribution >= 0.6 is 11.6 Å². The molecule has 150 valence electrons. The molecule has 0 aromatic heterocycles. The van der Waals surface area contributed by atoms with Gasteiger partial charge in [0.1, 0.15) is 12.6 Å². The van der Waals surface area contributed by atoms with Gasteiger partial charge in [-0.05, 0) is 23.3 Å². The maximum Gasteiger partial charge on any atom is 0.422 e. The van der Waals surface area contributed by atoms with Crippen molar-refractivity contribution in [2.45, 2.75) is 25.2 Å². The number of nitrogens with one attached hydrogen (secondary N) is 1. The molecule has 0 spiro atoms. The van der Waals surface area contributed by atoms with Gasteiger partial charge in [-0.1, -0.05) is 54.1 Å². The van der Waals surface area contributed by atoms with Gasteiger partial charge in [-0.25, -0.2) is 9.59 Å². The van der Waals surface area contributed by atoms with Gasteiger partial charge >= 0.3 is 18.2 Å². The summed E-state index contributed by atoms with van der Waals surface area (Å²) in [6, 6.07) is 13.8. The topological polar surface area (TPSA) is 64.6 Å². The van der Waals surface area contributed by atoms with E-state index in [0.29, 0.717) is 16.1 Å². The van der Waals surface area contributed by atoms with E-state index in [-0.39, 0.29) is 13.0 Å². The van der Waals surface area contributed by atoms with Crippen LogP contribution in [0.15, 0.2) is 54.6 Å². The molecule has 9 heteroatoms. The number of benzene rings is 2. The summed E-state index contributed by atoms with van der Waals surface area (Å²) >= 11 is 5.88. The summed E-state index contributed by atoms with van der Waals surface area (Å²) in [7, 11) is 0. The molecule has 0 saturated heterocycles. The molecule has 0 fully saturated rings. The molecule has 1 amide bonds. The third-order valence-electron chi connectivity index (χ3n) is 3.50. The fourth-order valence-corrected chi connectivity index (χ4v) is 2.47. The highest BCUT2D eigenvalue weighted by Gasteiger charge is 2.32. The number of carbonyl (C=O) groups is 2. The Hall–Kier alpha value is -2.74. The SMILES string of the molecule is O=C(NC(Cc1cccc(Cl)c1)C(=O)OCC(F)(F)F)OCc1ccccc1. The van der Waals surface area contributed by atoms with E-state index >= 15 is 0 Å². The third kappa shape index (κ3) is 7.87. The highest BCUT2D eigenvalue weighted by molar-refractivity contribution is 6.30. The van der Waals surface area contributed by atoms with Crippen LogP contribution in [0.2, 0.25) is 5.02 Å². The van der Waals surface area contributed by atoms with Crippen molar-refractivity contribution in [2.75, 3.05) is 6.61 Å². The van der Waals surface area contributed by atoms with Crippen molar-refractivity contribution in [3.63, 3.8) is 0 Å². The fourth-order valence-electron chi connectivity index (χ4n) is 2.25. The minimum absolute atomic E-state index is 0.0614. The van der Waals surface area contributed by atoms with Crippen molar-refractivity contribution < 1.29 is 32.2 Å². The number of carbonyl (C=O) groups excluding carboxylic acids is 2. The third-order valence-corrected chi connectivity index (χ3v) is 3.73. The number of alkyl halides is 3. The minimum Gasteiger partial charge on any atom is -0.454 e. The van der Waals surface area contributed by atoms with Gasteiger partial charge in [0, 0.05) is 11.4 Å². The second-order valence-corrected chi connectivity index (χ2v) is 6.25. The van der Waals surface area contributed by atoms with Gasteiger partial charge in [0.25, 0.3) is 0 Å². The van der Waals surface area contributed by atoms with Crippen molar-refractivity contribution in [1.82, 2.24) is 5.32 Å². The first-order valence-corrected chi connectivity index (χ1v) is 8.56. The highest BCUT2D eigenvalue weighted by Crippen LogP contribution is 2.16. The number of alkyl carbamates (subject to hydrolysis) is 1. The molecule has 2 aromatic carbocycles. The van der Waals surface area contributed by atoms with Crippen molar-refractivity contribution in [2.24, 2.45) is 0 Å². The average molecular weight is 416 g/mol. The van der Waals surface area contributed by atoms with E-state index in [0.717, 1.165) is 0 Å². The summed E-state index contributed by atoms with van der Waals surface area (Å²) in [5.74, 6) is -1.23. The van der Waals surface area contributed by atoms with E-state index in [4.69, 9.17) is 16.3 Å². The second-order valence-electron chi connectivity index (χ2n) is 5.82. The van der Waals surface area contributed by atoms with Gasteiger partial charge in [-0.15, -0.1) is 0 Å². The Morgan fingerprint density at radius 1 is 1.00 bits per heavy atom. The number of amides is 1. The molecule has 0 aliphatic rings. The van der Waals surface area contributed by atoms with Crippen LogP contribution in [0.25, 0.3) is 0 Å². The second kappa shape index (κ2) is 9.98. The van der Waals surface area contributed by atoms with Gasteiger partial charge in [-0.3, -0.25) is 0 Å². The lowest BCUT2D eigenvalue weighted by Crippen LogP contribution is -2.44. The van der Waals surface area contributed by atoms with Crippen LogP contribution in [0.4, 0.5) is 18.0 Å². The van der Waals surface area contributed by atoms with Crippen LogP contribution in [-0.4, -0.2) is 30.9 Å². The number of ether oxygens (including phenoxy) is 2. The Morgan fingerprint density at radius 3 is 2.32 bits per heavy atom. The molecule has 0 bridgehead atoms. The average Bonchev–Trinajstić information content (AvgIpc) is 2.64. The first-order valence-electron chi connectivity index (χ1n) is 8.18. The molecule has 0 saturated carbocycles. The Labute approximate surface area is 164 Å². The lowest BCUT2D eigenvalue weighted by atomic mass is 10.1. The zero-order valence-electron chi connectivity index (χ0n) is 14.5. The Balaban J connectivity index is 2.01. The Bertz CT molecular complexity index is 799. The van der Waals surface area contributed by atoms with Gasteiger partial charge in [-0.2, -0.15) is 13.2 Å². The molecule has 1 unspecified atom stereocenters. The normalized spacial score (nSPS) is 12.1. The van der Waals surface area contributed by atoms with E-state index in [1.165, 1.54) is 6.07 Å². The molecule has 0 aliphatic heterocycles. The van der Waals surface area contributed by atoms with Gasteiger partial charge in [0.15, 0.2) is 6.61 Å². The number of hydrogen-bond donors (Lipinski definition) is 1. The predicted molar refractivity (Wildman–Crippen MR) is 95.7 cm³/mol. The predicted octanol–water partition coefficient (Wildman–Crippen LogP) is 4.28. The molecule has 2 aromatic rings. The summed E-state index contributed by atoms with van der Waals surface area (Å²) in [4.78, 5) is 24.1. The smallest absolute Gasteiger partial charge is 0.422 e.